The molecule has 104 valence electrons. The molecule has 0 heterocycles. The van der Waals surface area contributed by atoms with Crippen LogP contribution in [0.5, 0.6) is 5.75 Å². The summed E-state index contributed by atoms with van der Waals surface area (Å²) in [5.41, 5.74) is 5.68. The number of nitrogens with two attached hydrogens (primary N) is 1. The Hall–Kier alpha value is -2.63. The molecular formula is C14H12F2N2O2. The van der Waals surface area contributed by atoms with E-state index in [1.807, 2.05) is 0 Å². The van der Waals surface area contributed by atoms with Crippen LogP contribution >= 0.6 is 0 Å². The molecule has 0 radical (unpaired) electrons. The van der Waals surface area contributed by atoms with Crippen LogP contribution in [0.2, 0.25) is 0 Å². The summed E-state index contributed by atoms with van der Waals surface area (Å²) in [7, 11) is 1.40. The second-order valence-corrected chi connectivity index (χ2v) is 4.03. The minimum atomic E-state index is -0.720. The predicted octanol–water partition coefficient (Wildman–Crippen LogP) is 2.81. The molecule has 0 aliphatic heterocycles. The number of methoxy groups -OCH3 is 1. The van der Waals surface area contributed by atoms with E-state index < -0.39 is 17.5 Å². The number of nitrogens with one attached hydrogen (secondary N) is 1. The van der Waals surface area contributed by atoms with Gasteiger partial charge >= 0.3 is 0 Å². The van der Waals surface area contributed by atoms with Gasteiger partial charge in [0.25, 0.3) is 5.91 Å². The lowest BCUT2D eigenvalue weighted by Gasteiger charge is -2.09. The SMILES string of the molecule is COc1ccc(C(=O)Nc2ccc(F)cc2N)c(F)c1. The van der Waals surface area contributed by atoms with Crippen LogP contribution in [0, 0.1) is 11.6 Å². The molecule has 0 spiro atoms. The Kier molecular flexibility index (Phi) is 3.84. The van der Waals surface area contributed by atoms with E-state index >= 15 is 0 Å². The zero-order valence-electron chi connectivity index (χ0n) is 10.6. The van der Waals surface area contributed by atoms with Crippen LogP contribution in [0.25, 0.3) is 0 Å². The van der Waals surface area contributed by atoms with E-state index in [2.05, 4.69) is 5.32 Å². The van der Waals surface area contributed by atoms with E-state index in [-0.39, 0.29) is 16.9 Å². The molecule has 20 heavy (non-hydrogen) atoms. The average molecular weight is 278 g/mol. The van der Waals surface area contributed by atoms with Crippen LogP contribution in [0.3, 0.4) is 0 Å². The number of hydrogen-bond acceptors (Lipinski definition) is 3. The van der Waals surface area contributed by atoms with Gasteiger partial charge in [-0.1, -0.05) is 0 Å². The van der Waals surface area contributed by atoms with Crippen LogP contribution in [0.4, 0.5) is 20.2 Å². The molecule has 0 atom stereocenters. The highest BCUT2D eigenvalue weighted by Crippen LogP contribution is 2.22. The van der Waals surface area contributed by atoms with Crippen molar-refractivity contribution in [2.24, 2.45) is 0 Å². The Balaban J connectivity index is 2.24. The largest absolute Gasteiger partial charge is 0.497 e. The summed E-state index contributed by atoms with van der Waals surface area (Å²) < 4.78 is 31.5. The molecule has 0 unspecified atom stereocenters. The molecular weight excluding hydrogens is 266 g/mol. The number of anilines is 2. The monoisotopic (exact) mass is 278 g/mol. The second kappa shape index (κ2) is 5.56. The van der Waals surface area contributed by atoms with Gasteiger partial charge in [-0.3, -0.25) is 4.79 Å². The third kappa shape index (κ3) is 2.85. The van der Waals surface area contributed by atoms with Gasteiger partial charge in [-0.25, -0.2) is 8.78 Å². The third-order valence-electron chi connectivity index (χ3n) is 2.68. The number of carbonyl (C=O) groups excluding carboxylic acids is 1. The van der Waals surface area contributed by atoms with Gasteiger partial charge in [-0.2, -0.15) is 0 Å². The number of rotatable bonds is 3. The molecule has 2 rings (SSSR count). The fourth-order valence-corrected chi connectivity index (χ4v) is 1.64. The Morgan fingerprint density at radius 2 is 1.95 bits per heavy atom. The van der Waals surface area contributed by atoms with Crippen molar-refractivity contribution in [3.63, 3.8) is 0 Å². The Bertz CT molecular complexity index is 660. The molecule has 2 aromatic rings. The zero-order chi connectivity index (χ0) is 14.7. The number of hydrogen-bond donors (Lipinski definition) is 2. The molecule has 0 aliphatic rings. The second-order valence-electron chi connectivity index (χ2n) is 4.03. The van der Waals surface area contributed by atoms with Gasteiger partial charge in [0.2, 0.25) is 0 Å². The normalized spacial score (nSPS) is 10.2. The first kappa shape index (κ1) is 13.8. The molecule has 3 N–H and O–H groups in total. The maximum atomic E-state index is 13.7. The topological polar surface area (TPSA) is 64.3 Å². The van der Waals surface area contributed by atoms with Crippen molar-refractivity contribution in [3.8, 4) is 5.75 Å². The number of amides is 1. The molecule has 6 heteroatoms. The summed E-state index contributed by atoms with van der Waals surface area (Å²) in [6.45, 7) is 0. The average Bonchev–Trinajstić information content (AvgIpc) is 2.41. The molecule has 4 nitrogen and oxygen atoms in total. The van der Waals surface area contributed by atoms with Crippen molar-refractivity contribution >= 4 is 17.3 Å². The first-order valence-electron chi connectivity index (χ1n) is 5.71. The van der Waals surface area contributed by atoms with Gasteiger partial charge < -0.3 is 15.8 Å². The molecule has 0 fully saturated rings. The fraction of sp³-hybridized carbons (Fsp3) is 0.0714. The molecule has 1 amide bonds. The summed E-state index contributed by atoms with van der Waals surface area (Å²) in [6, 6.07) is 7.39. The number of nitrogen functional groups attached to an aromatic ring is 1. The van der Waals surface area contributed by atoms with E-state index in [1.54, 1.807) is 0 Å². The van der Waals surface area contributed by atoms with Crippen LogP contribution in [0.1, 0.15) is 10.4 Å². The van der Waals surface area contributed by atoms with Gasteiger partial charge in [0.15, 0.2) is 0 Å². The highest BCUT2D eigenvalue weighted by molar-refractivity contribution is 6.05. The Morgan fingerprint density at radius 1 is 1.20 bits per heavy atom. The van der Waals surface area contributed by atoms with Crippen molar-refractivity contribution in [2.75, 3.05) is 18.2 Å². The lowest BCUT2D eigenvalue weighted by Crippen LogP contribution is -2.15. The van der Waals surface area contributed by atoms with Crippen molar-refractivity contribution in [3.05, 3.63) is 53.6 Å². The van der Waals surface area contributed by atoms with Crippen LogP contribution in [-0.4, -0.2) is 13.0 Å². The van der Waals surface area contributed by atoms with E-state index in [9.17, 15) is 13.6 Å². The summed E-state index contributed by atoms with van der Waals surface area (Å²) in [6.07, 6.45) is 0. The van der Waals surface area contributed by atoms with Gasteiger partial charge in [0.1, 0.15) is 17.4 Å². The van der Waals surface area contributed by atoms with E-state index in [4.69, 9.17) is 10.5 Å². The smallest absolute Gasteiger partial charge is 0.258 e. The quantitative estimate of drug-likeness (QED) is 0.848. The van der Waals surface area contributed by atoms with Gasteiger partial charge in [-0.05, 0) is 30.3 Å². The Morgan fingerprint density at radius 3 is 2.55 bits per heavy atom. The fourth-order valence-electron chi connectivity index (χ4n) is 1.64. The van der Waals surface area contributed by atoms with Crippen molar-refractivity contribution < 1.29 is 18.3 Å². The molecule has 0 aromatic heterocycles. The molecule has 0 aliphatic carbocycles. The predicted molar refractivity (Wildman–Crippen MR) is 71.7 cm³/mol. The first-order valence-corrected chi connectivity index (χ1v) is 5.71. The first-order chi connectivity index (χ1) is 9.51. The molecule has 0 saturated heterocycles. The maximum Gasteiger partial charge on any atom is 0.258 e. The van der Waals surface area contributed by atoms with Crippen molar-refractivity contribution in [1.29, 1.82) is 0 Å². The molecule has 0 saturated carbocycles. The Labute approximate surface area is 114 Å². The summed E-state index contributed by atoms with van der Waals surface area (Å²) in [5, 5.41) is 2.42. The van der Waals surface area contributed by atoms with Gasteiger partial charge in [0, 0.05) is 6.07 Å². The van der Waals surface area contributed by atoms with Crippen molar-refractivity contribution in [2.45, 2.75) is 0 Å². The van der Waals surface area contributed by atoms with Gasteiger partial charge in [-0.15, -0.1) is 0 Å². The standard InChI is InChI=1S/C14H12F2N2O2/c1-20-9-3-4-10(11(16)7-9)14(19)18-13-5-2-8(15)6-12(13)17/h2-7H,17H2,1H3,(H,18,19). The lowest BCUT2D eigenvalue weighted by molar-refractivity contribution is 0.102. The van der Waals surface area contributed by atoms with Crippen LogP contribution < -0.4 is 15.8 Å². The van der Waals surface area contributed by atoms with E-state index in [1.165, 1.54) is 25.3 Å². The highest BCUT2D eigenvalue weighted by Gasteiger charge is 2.14. The summed E-state index contributed by atoms with van der Waals surface area (Å²) in [5.74, 6) is -1.61. The molecule has 0 bridgehead atoms. The minimum absolute atomic E-state index is 0.0623. The van der Waals surface area contributed by atoms with E-state index in [0.29, 0.717) is 5.75 Å². The lowest BCUT2D eigenvalue weighted by atomic mass is 10.1. The van der Waals surface area contributed by atoms with E-state index in [0.717, 1.165) is 18.2 Å². The number of ether oxygens (including phenoxy) is 1. The van der Waals surface area contributed by atoms with Gasteiger partial charge in [0.05, 0.1) is 24.0 Å². The number of carbonyl (C=O) groups is 1. The number of benzene rings is 2. The third-order valence-corrected chi connectivity index (χ3v) is 2.68. The number of halogens is 2. The van der Waals surface area contributed by atoms with Crippen LogP contribution in [0.15, 0.2) is 36.4 Å². The summed E-state index contributed by atoms with van der Waals surface area (Å²) in [4.78, 5) is 11.9. The van der Waals surface area contributed by atoms with Crippen molar-refractivity contribution in [1.82, 2.24) is 0 Å². The highest BCUT2D eigenvalue weighted by atomic mass is 19.1. The zero-order valence-corrected chi connectivity index (χ0v) is 10.6. The minimum Gasteiger partial charge on any atom is -0.497 e. The molecule has 2 aromatic carbocycles. The van der Waals surface area contributed by atoms with Crippen LogP contribution in [-0.2, 0) is 0 Å². The maximum absolute atomic E-state index is 13.7. The summed E-state index contributed by atoms with van der Waals surface area (Å²) >= 11 is 0.